The third-order valence-corrected chi connectivity index (χ3v) is 6.45. The number of hydrogen-bond acceptors (Lipinski definition) is 9. The van der Waals surface area contributed by atoms with Gasteiger partial charge in [-0.25, -0.2) is 0 Å². The van der Waals surface area contributed by atoms with Crippen molar-refractivity contribution in [3.05, 3.63) is 34.2 Å². The number of carbonyl (C=O) groups is 1. The molecule has 2 atom stereocenters. The molecule has 192 valence electrons. The van der Waals surface area contributed by atoms with Gasteiger partial charge in [0.05, 0.1) is 59.5 Å². The molecule has 0 unspecified atom stereocenters. The van der Waals surface area contributed by atoms with Gasteiger partial charge in [-0.3, -0.25) is 4.79 Å². The van der Waals surface area contributed by atoms with Gasteiger partial charge in [-0.2, -0.15) is 0 Å². The minimum absolute atomic E-state index is 0.0424. The summed E-state index contributed by atoms with van der Waals surface area (Å²) in [5.74, 6) is 0.136. The first-order valence-electron chi connectivity index (χ1n) is 12.0. The Morgan fingerprint density at radius 2 is 1.65 bits per heavy atom. The number of allylic oxidation sites excluding steroid dienone is 1. The zero-order valence-electron chi connectivity index (χ0n) is 19.7. The molecule has 9 nitrogen and oxygen atoms in total. The Balaban J connectivity index is 1.64. The third kappa shape index (κ3) is 9.61. The summed E-state index contributed by atoms with van der Waals surface area (Å²) in [5.41, 5.74) is 0. The van der Waals surface area contributed by atoms with Crippen LogP contribution in [0.1, 0.15) is 30.1 Å². The maximum Gasteiger partial charge on any atom is 0.288 e. The molecular formula is C24H37NO8S. The zero-order chi connectivity index (χ0) is 23.8. The van der Waals surface area contributed by atoms with Gasteiger partial charge in [-0.05, 0) is 30.4 Å². The van der Waals surface area contributed by atoms with Crippen LogP contribution in [-0.4, -0.2) is 101 Å². The van der Waals surface area contributed by atoms with Crippen LogP contribution in [-0.2, 0) is 33.2 Å². The molecule has 1 fully saturated rings. The molecule has 34 heavy (non-hydrogen) atoms. The van der Waals surface area contributed by atoms with E-state index in [0.29, 0.717) is 91.2 Å². The second-order valence-corrected chi connectivity index (χ2v) is 8.96. The first-order valence-corrected chi connectivity index (χ1v) is 12.9. The van der Waals surface area contributed by atoms with Gasteiger partial charge < -0.3 is 38.4 Å². The highest BCUT2D eigenvalue weighted by Gasteiger charge is 2.31. The summed E-state index contributed by atoms with van der Waals surface area (Å²) in [6, 6.07) is 4.08. The van der Waals surface area contributed by atoms with E-state index in [1.54, 1.807) is 16.2 Å². The van der Waals surface area contributed by atoms with Gasteiger partial charge in [-0.1, -0.05) is 6.07 Å². The van der Waals surface area contributed by atoms with Crippen molar-refractivity contribution < 1.29 is 38.3 Å². The molecule has 0 saturated carbocycles. The Bertz CT molecular complexity index is 698. The number of aliphatic hydroxyl groups excluding tert-OH is 1. The predicted molar refractivity (Wildman–Crippen MR) is 127 cm³/mol. The summed E-state index contributed by atoms with van der Waals surface area (Å²) in [6.07, 6.45) is 3.44. The number of ether oxygens (including phenoxy) is 6. The lowest BCUT2D eigenvalue weighted by Gasteiger charge is -2.31. The number of nitrogens with zero attached hydrogens (tertiary/aromatic N) is 1. The molecule has 1 aromatic rings. The lowest BCUT2D eigenvalue weighted by molar-refractivity contribution is -0.153. The van der Waals surface area contributed by atoms with E-state index in [1.165, 1.54) is 4.88 Å². The van der Waals surface area contributed by atoms with E-state index in [2.05, 4.69) is 6.07 Å². The summed E-state index contributed by atoms with van der Waals surface area (Å²) in [5, 5.41) is 11.0. The fourth-order valence-corrected chi connectivity index (χ4v) is 4.43. The average molecular weight is 500 g/mol. The first kappa shape index (κ1) is 27.1. The van der Waals surface area contributed by atoms with E-state index in [4.69, 9.17) is 33.5 Å². The van der Waals surface area contributed by atoms with Gasteiger partial charge >= 0.3 is 0 Å². The van der Waals surface area contributed by atoms with Crippen molar-refractivity contribution in [2.75, 3.05) is 79.2 Å². The molecule has 0 aromatic carbocycles. The molecule has 3 heterocycles. The van der Waals surface area contributed by atoms with Crippen molar-refractivity contribution in [1.82, 2.24) is 4.90 Å². The molecule has 10 heteroatoms. The predicted octanol–water partition coefficient (Wildman–Crippen LogP) is 2.16. The van der Waals surface area contributed by atoms with Crippen molar-refractivity contribution in [2.45, 2.75) is 31.5 Å². The molecule has 1 aromatic heterocycles. The highest BCUT2D eigenvalue weighted by Crippen LogP contribution is 2.34. The molecule has 2 aliphatic heterocycles. The van der Waals surface area contributed by atoms with Crippen LogP contribution >= 0.6 is 11.3 Å². The van der Waals surface area contributed by atoms with Crippen LogP contribution in [0.2, 0.25) is 0 Å². The maximum absolute atomic E-state index is 13.5. The van der Waals surface area contributed by atoms with Crippen LogP contribution in [0.15, 0.2) is 29.3 Å². The van der Waals surface area contributed by atoms with Gasteiger partial charge in [0.1, 0.15) is 0 Å². The Hall–Kier alpha value is -1.53. The van der Waals surface area contributed by atoms with Gasteiger partial charge in [0, 0.05) is 36.9 Å². The Kier molecular flexibility index (Phi) is 12.9. The van der Waals surface area contributed by atoms with Crippen molar-refractivity contribution in [3.8, 4) is 0 Å². The topological polar surface area (TPSA) is 95.9 Å². The van der Waals surface area contributed by atoms with Crippen molar-refractivity contribution >= 4 is 17.2 Å². The van der Waals surface area contributed by atoms with E-state index >= 15 is 0 Å². The SMILES string of the molecule is O=C(C1=C[C@H](c2cccs2)C[C@H](OCCCCO)O1)N1CCOCCOCCOCCOCC1. The summed E-state index contributed by atoms with van der Waals surface area (Å²) in [7, 11) is 0. The Morgan fingerprint density at radius 3 is 2.24 bits per heavy atom. The molecule has 0 spiro atoms. The normalized spacial score (nSPS) is 23.9. The summed E-state index contributed by atoms with van der Waals surface area (Å²) < 4.78 is 34.1. The van der Waals surface area contributed by atoms with Crippen LogP contribution in [0, 0.1) is 0 Å². The Labute approximate surface area is 205 Å². The zero-order valence-corrected chi connectivity index (χ0v) is 20.5. The van der Waals surface area contributed by atoms with Gasteiger partial charge in [0.2, 0.25) is 6.29 Å². The smallest absolute Gasteiger partial charge is 0.288 e. The van der Waals surface area contributed by atoms with Gasteiger partial charge in [-0.15, -0.1) is 11.3 Å². The first-order chi connectivity index (χ1) is 16.8. The number of rotatable bonds is 7. The molecule has 0 aliphatic carbocycles. The minimum atomic E-state index is -0.514. The van der Waals surface area contributed by atoms with Crippen LogP contribution in [0.25, 0.3) is 0 Å². The van der Waals surface area contributed by atoms with E-state index < -0.39 is 6.29 Å². The van der Waals surface area contributed by atoms with Crippen LogP contribution in [0.5, 0.6) is 0 Å². The fraction of sp³-hybridized carbons (Fsp3) is 0.708. The number of unbranched alkanes of at least 4 members (excludes halogenated alkanes) is 1. The third-order valence-electron chi connectivity index (χ3n) is 5.45. The molecule has 0 bridgehead atoms. The molecule has 1 saturated heterocycles. The monoisotopic (exact) mass is 499 g/mol. The summed E-state index contributed by atoms with van der Waals surface area (Å²) >= 11 is 1.66. The second kappa shape index (κ2) is 16.2. The van der Waals surface area contributed by atoms with E-state index in [0.717, 1.165) is 6.42 Å². The Morgan fingerprint density at radius 1 is 1.00 bits per heavy atom. The van der Waals surface area contributed by atoms with Gasteiger partial charge in [0.25, 0.3) is 5.91 Å². The summed E-state index contributed by atoms with van der Waals surface area (Å²) in [6.45, 7) is 5.18. The van der Waals surface area contributed by atoms with Crippen LogP contribution in [0.3, 0.4) is 0 Å². The lowest BCUT2D eigenvalue weighted by atomic mass is 9.99. The fourth-order valence-electron chi connectivity index (χ4n) is 3.62. The van der Waals surface area contributed by atoms with E-state index in [9.17, 15) is 4.79 Å². The minimum Gasteiger partial charge on any atom is -0.459 e. The highest BCUT2D eigenvalue weighted by molar-refractivity contribution is 7.10. The van der Waals surface area contributed by atoms with Crippen molar-refractivity contribution in [3.63, 3.8) is 0 Å². The van der Waals surface area contributed by atoms with E-state index in [-0.39, 0.29) is 18.4 Å². The molecule has 2 aliphatic rings. The lowest BCUT2D eigenvalue weighted by Crippen LogP contribution is -2.40. The molecule has 3 rings (SSSR count). The number of carbonyl (C=O) groups excluding carboxylic acids is 1. The highest BCUT2D eigenvalue weighted by atomic mass is 32.1. The van der Waals surface area contributed by atoms with Gasteiger partial charge in [0.15, 0.2) is 5.76 Å². The number of aliphatic hydroxyl groups is 1. The van der Waals surface area contributed by atoms with Crippen molar-refractivity contribution in [1.29, 1.82) is 0 Å². The van der Waals surface area contributed by atoms with Crippen molar-refractivity contribution in [2.24, 2.45) is 0 Å². The molecule has 1 N–H and O–H groups in total. The molecule has 0 radical (unpaired) electrons. The quantitative estimate of drug-likeness (QED) is 0.571. The second-order valence-electron chi connectivity index (χ2n) is 7.98. The van der Waals surface area contributed by atoms with E-state index in [1.807, 2.05) is 17.5 Å². The number of amides is 1. The number of hydrogen-bond donors (Lipinski definition) is 1. The van der Waals surface area contributed by atoms with Crippen LogP contribution in [0.4, 0.5) is 0 Å². The molecular weight excluding hydrogens is 462 g/mol. The standard InChI is InChI=1S/C24H37NO8S/c26-7-1-2-8-32-23-19-20(22-4-3-17-34-22)18-21(33-23)24(27)25-5-9-28-11-13-30-15-16-31-14-12-29-10-6-25/h3-4,17-18,20,23,26H,1-2,5-16,19H2/t20-,23+/m0/s1. The average Bonchev–Trinajstić information content (AvgIpc) is 3.39. The largest absolute Gasteiger partial charge is 0.459 e. The molecule has 1 amide bonds. The maximum atomic E-state index is 13.5. The number of thiophene rings is 1. The van der Waals surface area contributed by atoms with Crippen LogP contribution < -0.4 is 0 Å². The summed E-state index contributed by atoms with van der Waals surface area (Å²) in [4.78, 5) is 16.3.